The standard InChI is InChI=1S/C36H40N2.C32H24N2.C28H22F2N2.C28H24N2.4Pt/c1-33(2,3)27-19-29-23-13-11-15-25(17-23)35(7,8)26-16-12-14-24(18-26)30-20-28(34(4,5)6)22-32(38-30)36(9,10)31(21-27)37-29;1-31(2)23-13-9-19-5-7-21-11-15-27(33-29(21)25(19)17-23)32(3,4)28-16-12-22-8-6-20-10-14-24(31)18-26(20)30(22)34-28;1-27(2)19-15-17(11-13-21(19)29)23-7-5-9-25(31-23)28(3,4)26-10-6-8-24(32-26)18-12-14-22(30)20(27)16-18;1-27(2)21-11-5-9-19(17-21)23-13-7-15-25(29-23)28(3,4)26-16-8-14-24(30-26)20-10-6-12-22(27)18-20;;;;/h11-16,19-22H,1-10H3;5-16H,1-4H3;5-14H,1-4H3;5-16H,1-4H3;;;;/q4*-2;4*+2. The number of nitrogens with zero attached hydrogens (tertiary/aromatic N) is 8. The molecule has 0 radical (unpaired) electrons. The molecule has 700 valence electrons. The molecule has 12 heterocycles. The Labute approximate surface area is 870 Å². The van der Waals surface area contributed by atoms with Crippen LogP contribution in [0.3, 0.4) is 0 Å². The first-order chi connectivity index (χ1) is 63.4. The molecule has 10 aromatic carbocycles. The van der Waals surface area contributed by atoms with Gasteiger partial charge in [0.2, 0.25) is 0 Å². The minimum Gasteiger partial charge on any atom is -0.300 e. The summed E-state index contributed by atoms with van der Waals surface area (Å²) in [5.74, 6) is -0.888. The first kappa shape index (κ1) is 101. The number of fused-ring (bicyclic) bond motifs is 34. The average Bonchev–Trinajstić information content (AvgIpc) is 0.738. The number of hydrogen-bond acceptors (Lipinski definition) is 8. The van der Waals surface area contributed by atoms with Gasteiger partial charge in [-0.15, -0.1) is 258 Å². The van der Waals surface area contributed by atoms with E-state index in [2.05, 4.69) is 393 Å². The summed E-state index contributed by atoms with van der Waals surface area (Å²) in [6.45, 7) is 48.1. The molecule has 18 aromatic rings. The summed E-state index contributed by atoms with van der Waals surface area (Å²) >= 11 is 0. The van der Waals surface area contributed by atoms with Crippen molar-refractivity contribution in [3.8, 4) is 67.5 Å². The second-order valence-electron chi connectivity index (χ2n) is 42.8. The molecule has 0 aliphatic carbocycles. The van der Waals surface area contributed by atoms with Crippen molar-refractivity contribution in [3.63, 3.8) is 0 Å². The van der Waals surface area contributed by atoms with Gasteiger partial charge in [0.25, 0.3) is 0 Å². The maximum Gasteiger partial charge on any atom is 2.00 e. The van der Waals surface area contributed by atoms with Crippen molar-refractivity contribution in [3.05, 3.63) is 428 Å². The molecule has 0 unspecified atom stereocenters. The Balaban J connectivity index is 0.000000139. The van der Waals surface area contributed by atoms with Crippen LogP contribution in [0.25, 0.3) is 111 Å². The minimum atomic E-state index is -1.02. The molecular weight excluding hydrogens is 2420 g/mol. The van der Waals surface area contributed by atoms with E-state index < -0.39 is 27.9 Å². The Hall–Kier alpha value is -10.9. The molecule has 0 atom stereocenters. The minimum absolute atomic E-state index is 0. The predicted octanol–water partition coefficient (Wildman–Crippen LogP) is 29.6. The van der Waals surface area contributed by atoms with Gasteiger partial charge in [-0.2, -0.15) is 0 Å². The van der Waals surface area contributed by atoms with Gasteiger partial charge in [0.15, 0.2) is 0 Å². The zero-order valence-electron chi connectivity index (χ0n) is 82.0. The third kappa shape index (κ3) is 18.7. The monoisotopic (exact) mass is 2530 g/mol. The molecule has 0 N–H and O–H groups in total. The van der Waals surface area contributed by atoms with Gasteiger partial charge in [-0.1, -0.05) is 205 Å². The molecule has 8 nitrogen and oxygen atoms in total. The summed E-state index contributed by atoms with van der Waals surface area (Å²) in [6, 6.07) is 120. The fraction of sp³-hybridized carbons (Fsp3) is 0.258. The van der Waals surface area contributed by atoms with Crippen LogP contribution in [0.4, 0.5) is 8.78 Å². The van der Waals surface area contributed by atoms with Crippen LogP contribution in [0, 0.1) is 60.2 Å². The van der Waals surface area contributed by atoms with Crippen molar-refractivity contribution in [2.75, 3.05) is 0 Å². The van der Waals surface area contributed by atoms with Crippen LogP contribution < -0.4 is 0 Å². The van der Waals surface area contributed by atoms with Gasteiger partial charge in [-0.25, -0.2) is 0 Å². The van der Waals surface area contributed by atoms with Crippen LogP contribution >= 0.6 is 0 Å². The second kappa shape index (κ2) is 37.6. The second-order valence-corrected chi connectivity index (χ2v) is 42.8. The molecule has 4 aliphatic heterocycles. The molecule has 0 spiro atoms. The Bertz CT molecular complexity index is 7110. The molecule has 0 fully saturated rings. The SMILES string of the molecule is CC(C)(C)c1cc2nc(c1)C(C)(C)c1cc(C(C)(C)C)cc(n1)-c1[c-]c(ccc1)C(C)(C)c1[c-]c-2ccc1.CC1(C)c2[c-]c(ccc2)-c2cccc(n2)C(C)(C)c2cccc(n2)-c2[c-]c1ccc2.CC1(C)c2[c-]c3c(cc2)ccc2ccc(nc23)C(C)(C)c2ccc3ccc4ccc1[c-]c4c3n2.CC1(C)c2cccc(n2)-c2[c-]c(c(F)cc2)C(C)(C)c2[c-]c(ccc2F)-c2cccc1n2.[Pt+2].[Pt+2].[Pt+2].[Pt+2]. The van der Waals surface area contributed by atoms with Crippen LogP contribution in [-0.2, 0) is 138 Å². The third-order valence-corrected chi connectivity index (χ3v) is 28.6. The molecule has 138 heavy (non-hydrogen) atoms. The Morgan fingerprint density at radius 3 is 0.768 bits per heavy atom. The average molecular weight is 2530 g/mol. The molecule has 22 rings (SSSR count). The zero-order chi connectivity index (χ0) is 94.5. The smallest absolute Gasteiger partial charge is 0.300 e. The van der Waals surface area contributed by atoms with Crippen molar-refractivity contribution in [2.45, 2.75) is 206 Å². The first-order valence-corrected chi connectivity index (χ1v) is 46.5. The van der Waals surface area contributed by atoms with Gasteiger partial charge in [0, 0.05) is 78.8 Å². The normalized spacial score (nSPS) is 15.5. The fourth-order valence-corrected chi connectivity index (χ4v) is 18.8. The summed E-state index contributed by atoms with van der Waals surface area (Å²) in [4.78, 5) is 40.9. The molecule has 14 heteroatoms. The number of aromatic nitrogens is 8. The zero-order valence-corrected chi connectivity index (χ0v) is 91.1. The van der Waals surface area contributed by atoms with E-state index in [9.17, 15) is 0 Å². The van der Waals surface area contributed by atoms with E-state index in [4.69, 9.17) is 39.9 Å². The molecule has 4 aliphatic rings. The summed E-state index contributed by atoms with van der Waals surface area (Å²) in [6.07, 6.45) is 0. The van der Waals surface area contributed by atoms with Gasteiger partial charge < -0.3 is 29.9 Å². The summed E-state index contributed by atoms with van der Waals surface area (Å²) in [7, 11) is 0. The maximum absolute atomic E-state index is 15.0. The maximum atomic E-state index is 15.0. The van der Waals surface area contributed by atoms with Crippen molar-refractivity contribution < 1.29 is 93.0 Å². The van der Waals surface area contributed by atoms with E-state index in [1.807, 2.05) is 36.4 Å². The van der Waals surface area contributed by atoms with Crippen LogP contribution in [0.1, 0.15) is 254 Å². The quantitative estimate of drug-likeness (QED) is 0.109. The molecule has 0 saturated heterocycles. The van der Waals surface area contributed by atoms with Gasteiger partial charge in [0.05, 0.1) is 0 Å². The number of halogens is 2. The van der Waals surface area contributed by atoms with Crippen molar-refractivity contribution >= 4 is 43.4 Å². The largest absolute Gasteiger partial charge is 2.00 e. The van der Waals surface area contributed by atoms with Crippen molar-refractivity contribution in [1.82, 2.24) is 39.9 Å². The van der Waals surface area contributed by atoms with Gasteiger partial charge in [0.1, 0.15) is 0 Å². The molecule has 8 aromatic heterocycles. The van der Waals surface area contributed by atoms with Crippen LogP contribution in [0.5, 0.6) is 0 Å². The Kier molecular flexibility index (Phi) is 27.6. The van der Waals surface area contributed by atoms with Crippen LogP contribution in [0.15, 0.2) is 267 Å². The Morgan fingerprint density at radius 1 is 0.210 bits per heavy atom. The molecular formula is C124H110F2N8Pt4. The van der Waals surface area contributed by atoms with E-state index in [-0.39, 0.29) is 133 Å². The van der Waals surface area contributed by atoms with E-state index in [0.29, 0.717) is 22.5 Å². The fourth-order valence-electron chi connectivity index (χ4n) is 18.8. The summed E-state index contributed by atoms with van der Waals surface area (Å²) in [5.41, 5.74) is 26.7. The van der Waals surface area contributed by atoms with Gasteiger partial charge in [-0.3, -0.25) is 18.7 Å². The summed E-state index contributed by atoms with van der Waals surface area (Å²) < 4.78 is 30.1. The van der Waals surface area contributed by atoms with E-state index in [1.54, 1.807) is 26.0 Å². The van der Waals surface area contributed by atoms with Crippen molar-refractivity contribution in [2.24, 2.45) is 0 Å². The topological polar surface area (TPSA) is 103 Å². The third-order valence-electron chi connectivity index (χ3n) is 28.6. The number of rotatable bonds is 0. The predicted molar refractivity (Wildman–Crippen MR) is 542 cm³/mol. The van der Waals surface area contributed by atoms with Crippen LogP contribution in [-0.4, -0.2) is 39.9 Å². The van der Waals surface area contributed by atoms with Gasteiger partial charge >= 0.3 is 84.3 Å². The Morgan fingerprint density at radius 2 is 0.457 bits per heavy atom. The number of pyridine rings is 8. The van der Waals surface area contributed by atoms with E-state index in [1.165, 1.54) is 23.3 Å². The number of hydrogen-bond donors (Lipinski definition) is 0. The van der Waals surface area contributed by atoms with Crippen LogP contribution in [0.2, 0.25) is 0 Å². The first-order valence-electron chi connectivity index (χ1n) is 46.5. The molecule has 0 saturated carbocycles. The molecule has 0 amide bonds. The van der Waals surface area contributed by atoms with E-state index >= 15 is 8.78 Å². The van der Waals surface area contributed by atoms with Gasteiger partial charge in [-0.05, 0) is 204 Å². The van der Waals surface area contributed by atoms with Crippen molar-refractivity contribution in [1.29, 1.82) is 0 Å². The summed E-state index contributed by atoms with van der Waals surface area (Å²) in [5, 5.41) is 6.72. The number of benzene rings is 10. The van der Waals surface area contributed by atoms with E-state index in [0.717, 1.165) is 167 Å². The molecule has 32 bridgehead atoms.